The summed E-state index contributed by atoms with van der Waals surface area (Å²) in [5.74, 6) is -5.90. The number of aliphatic carboxylic acids is 1. The number of hydrogen-bond acceptors (Lipinski definition) is 9. The van der Waals surface area contributed by atoms with Gasteiger partial charge >= 0.3 is 5.97 Å². The largest absolute Gasteiger partial charge is 0.480 e. The van der Waals surface area contributed by atoms with Crippen LogP contribution in [0.25, 0.3) is 0 Å². The number of nitrogens with zero attached hydrogens (tertiary/aromatic N) is 1. The van der Waals surface area contributed by atoms with Crippen molar-refractivity contribution in [2.75, 3.05) is 12.3 Å². The number of thiol groups is 1. The molecule has 0 aliphatic heterocycles. The first-order valence-electron chi connectivity index (χ1n) is 10.4. The fraction of sp³-hybridized carbons (Fsp3) is 0.611. The number of carbonyl (C=O) groups is 6. The lowest BCUT2D eigenvalue weighted by Crippen LogP contribution is -2.57. The maximum atomic E-state index is 12.8. The Hall–Kier alpha value is -3.60. The summed E-state index contributed by atoms with van der Waals surface area (Å²) >= 11 is 4.00. The lowest BCUT2D eigenvalue weighted by Gasteiger charge is -2.24. The zero-order chi connectivity index (χ0) is 27.1. The van der Waals surface area contributed by atoms with Crippen molar-refractivity contribution in [3.05, 3.63) is 0 Å². The van der Waals surface area contributed by atoms with Crippen LogP contribution in [0.15, 0.2) is 4.99 Å². The van der Waals surface area contributed by atoms with Crippen LogP contribution in [0.2, 0.25) is 0 Å². The molecule has 17 heteroatoms. The lowest BCUT2D eigenvalue weighted by molar-refractivity contribution is -0.142. The van der Waals surface area contributed by atoms with Crippen molar-refractivity contribution in [1.82, 2.24) is 16.0 Å². The average molecular weight is 520 g/mol. The number of carboxylic acids is 1. The quantitative estimate of drug-likeness (QED) is 0.0377. The highest BCUT2D eigenvalue weighted by Crippen LogP contribution is 2.04. The molecule has 0 spiro atoms. The monoisotopic (exact) mass is 519 g/mol. The van der Waals surface area contributed by atoms with Gasteiger partial charge in [0, 0.05) is 18.7 Å². The van der Waals surface area contributed by atoms with Crippen LogP contribution in [-0.4, -0.2) is 83.0 Å². The third kappa shape index (κ3) is 13.6. The summed E-state index contributed by atoms with van der Waals surface area (Å²) in [6.07, 6.45) is -0.803. The summed E-state index contributed by atoms with van der Waals surface area (Å²) in [6.45, 7) is 0.112. The minimum absolute atomic E-state index is 0.00899. The first kappa shape index (κ1) is 31.4. The Kier molecular flexibility index (Phi) is 14.4. The van der Waals surface area contributed by atoms with Crippen molar-refractivity contribution in [2.45, 2.75) is 56.3 Å². The number of rotatable bonds is 17. The summed E-state index contributed by atoms with van der Waals surface area (Å²) in [5, 5.41) is 16.3. The van der Waals surface area contributed by atoms with E-state index in [0.29, 0.717) is 0 Å². The summed E-state index contributed by atoms with van der Waals surface area (Å²) in [5.41, 5.74) is 26.1. The highest BCUT2D eigenvalue weighted by atomic mass is 32.1. The first-order chi connectivity index (χ1) is 16.3. The van der Waals surface area contributed by atoms with Crippen LogP contribution >= 0.6 is 12.6 Å². The van der Waals surface area contributed by atoms with Gasteiger partial charge in [0.05, 0.1) is 12.5 Å². The Bertz CT molecular complexity index is 820. The topological polar surface area (TPSA) is 301 Å². The molecule has 0 rings (SSSR count). The van der Waals surface area contributed by atoms with Crippen molar-refractivity contribution < 1.29 is 33.9 Å². The number of carbonyl (C=O) groups excluding carboxylic acids is 5. The Morgan fingerprint density at radius 2 is 1.34 bits per heavy atom. The molecule has 0 saturated heterocycles. The van der Waals surface area contributed by atoms with E-state index < -0.39 is 66.1 Å². The van der Waals surface area contributed by atoms with Crippen LogP contribution in [0.4, 0.5) is 0 Å². The number of amides is 5. The Labute approximate surface area is 206 Å². The van der Waals surface area contributed by atoms with Crippen LogP contribution in [0.5, 0.6) is 0 Å². The molecule has 4 unspecified atom stereocenters. The predicted octanol–water partition coefficient (Wildman–Crippen LogP) is -5.02. The van der Waals surface area contributed by atoms with Gasteiger partial charge in [0.25, 0.3) is 0 Å². The average Bonchev–Trinajstić information content (AvgIpc) is 2.75. The second-order valence-corrected chi connectivity index (χ2v) is 7.80. The highest BCUT2D eigenvalue weighted by molar-refractivity contribution is 7.80. The number of nitrogens with one attached hydrogen (secondary N) is 3. The minimum Gasteiger partial charge on any atom is -0.480 e. The van der Waals surface area contributed by atoms with E-state index in [1.165, 1.54) is 0 Å². The molecule has 0 saturated carbocycles. The van der Waals surface area contributed by atoms with Gasteiger partial charge in [-0.3, -0.25) is 29.0 Å². The number of primary amides is 2. The second-order valence-electron chi connectivity index (χ2n) is 7.44. The van der Waals surface area contributed by atoms with E-state index >= 15 is 0 Å². The molecule has 0 aromatic heterocycles. The van der Waals surface area contributed by atoms with Crippen LogP contribution in [0.1, 0.15) is 32.1 Å². The zero-order valence-electron chi connectivity index (χ0n) is 18.9. The molecule has 0 bridgehead atoms. The maximum absolute atomic E-state index is 12.8. The van der Waals surface area contributed by atoms with Gasteiger partial charge in [-0.15, -0.1) is 0 Å². The molecular weight excluding hydrogens is 486 g/mol. The Morgan fingerprint density at radius 1 is 0.800 bits per heavy atom. The van der Waals surface area contributed by atoms with Crippen LogP contribution in [0.3, 0.4) is 0 Å². The number of guanidine groups is 1. The lowest BCUT2D eigenvalue weighted by atomic mass is 10.1. The summed E-state index contributed by atoms with van der Waals surface area (Å²) in [4.78, 5) is 74.7. The zero-order valence-corrected chi connectivity index (χ0v) is 19.8. The van der Waals surface area contributed by atoms with Crippen LogP contribution < -0.4 is 44.6 Å². The highest BCUT2D eigenvalue weighted by Gasteiger charge is 2.30. The van der Waals surface area contributed by atoms with Gasteiger partial charge in [0.2, 0.25) is 29.5 Å². The van der Waals surface area contributed by atoms with Crippen LogP contribution in [0, 0.1) is 0 Å². The second kappa shape index (κ2) is 16.1. The SMILES string of the molecule is NC(=O)CCC(NC(=O)C(CCCN=C(N)N)NC(=O)C(CS)NC(=O)C(N)CC(N)=O)C(=O)O. The van der Waals surface area contributed by atoms with E-state index in [2.05, 4.69) is 33.6 Å². The van der Waals surface area contributed by atoms with Crippen molar-refractivity contribution in [3.8, 4) is 0 Å². The van der Waals surface area contributed by atoms with Gasteiger partial charge in [0.15, 0.2) is 5.96 Å². The van der Waals surface area contributed by atoms with E-state index in [9.17, 15) is 33.9 Å². The molecule has 16 nitrogen and oxygen atoms in total. The molecule has 35 heavy (non-hydrogen) atoms. The van der Waals surface area contributed by atoms with Gasteiger partial charge < -0.3 is 49.7 Å². The predicted molar refractivity (Wildman–Crippen MR) is 127 cm³/mol. The minimum atomic E-state index is -1.45. The van der Waals surface area contributed by atoms with Crippen LogP contribution in [-0.2, 0) is 28.8 Å². The Morgan fingerprint density at radius 3 is 1.83 bits per heavy atom. The smallest absolute Gasteiger partial charge is 0.326 e. The van der Waals surface area contributed by atoms with Crippen molar-refractivity contribution >= 4 is 54.1 Å². The molecule has 5 amide bonds. The van der Waals surface area contributed by atoms with E-state index in [4.69, 9.17) is 28.7 Å². The summed E-state index contributed by atoms with van der Waals surface area (Å²) < 4.78 is 0. The number of carboxylic acid groups (broad SMARTS) is 1. The molecular formula is C18H33N9O7S. The number of aliphatic imine (C=N–C) groups is 1. The van der Waals surface area contributed by atoms with E-state index in [1.54, 1.807) is 0 Å². The van der Waals surface area contributed by atoms with Crippen molar-refractivity contribution in [2.24, 2.45) is 33.7 Å². The van der Waals surface area contributed by atoms with Crippen molar-refractivity contribution in [1.29, 1.82) is 0 Å². The van der Waals surface area contributed by atoms with E-state index in [1.807, 2.05) is 0 Å². The molecule has 198 valence electrons. The maximum Gasteiger partial charge on any atom is 0.326 e. The molecule has 0 aliphatic carbocycles. The standard InChI is InChI=1S/C18H33N9O7S/c19-8(6-13(21)29)14(30)27-11(7-35)16(32)25-9(2-1-5-24-18(22)23)15(31)26-10(17(33)34)3-4-12(20)28/h8-11,35H,1-7,19H2,(H2,20,28)(H2,21,29)(H,25,32)(H,26,31)(H,27,30)(H,33,34)(H4,22,23,24). The third-order valence-electron chi connectivity index (χ3n) is 4.45. The number of nitrogens with two attached hydrogens (primary N) is 5. The number of hydrogen-bond donors (Lipinski definition) is 10. The molecule has 0 aromatic rings. The molecule has 0 aromatic carbocycles. The van der Waals surface area contributed by atoms with Gasteiger partial charge in [-0.2, -0.15) is 12.6 Å². The molecule has 0 radical (unpaired) electrons. The first-order valence-corrected chi connectivity index (χ1v) is 11.0. The van der Waals surface area contributed by atoms with E-state index in [-0.39, 0.29) is 43.9 Å². The summed E-state index contributed by atoms with van der Waals surface area (Å²) in [7, 11) is 0. The molecule has 0 heterocycles. The third-order valence-corrected chi connectivity index (χ3v) is 4.81. The molecule has 14 N–H and O–H groups in total. The fourth-order valence-electron chi connectivity index (χ4n) is 2.64. The summed E-state index contributed by atoms with van der Waals surface area (Å²) in [6, 6.07) is -5.25. The Balaban J connectivity index is 5.44. The molecule has 0 aliphatic rings. The van der Waals surface area contributed by atoms with E-state index in [0.717, 1.165) is 0 Å². The molecule has 4 atom stereocenters. The van der Waals surface area contributed by atoms with Crippen molar-refractivity contribution in [3.63, 3.8) is 0 Å². The molecule has 0 fully saturated rings. The normalized spacial score (nSPS) is 13.9. The van der Waals surface area contributed by atoms with Gasteiger partial charge in [0.1, 0.15) is 18.1 Å². The fourth-order valence-corrected chi connectivity index (χ4v) is 2.90. The van der Waals surface area contributed by atoms with Gasteiger partial charge in [-0.25, -0.2) is 4.79 Å². The van der Waals surface area contributed by atoms with Gasteiger partial charge in [-0.1, -0.05) is 0 Å². The van der Waals surface area contributed by atoms with Gasteiger partial charge in [-0.05, 0) is 19.3 Å².